The first-order valence-corrected chi connectivity index (χ1v) is 20.7. The normalized spacial score (nSPS) is 11.4. The smallest absolute Gasteiger partial charge is 0.357 e. The number of amides is 2. The summed E-state index contributed by atoms with van der Waals surface area (Å²) in [5.74, 6) is -1.47. The molecule has 0 spiro atoms. The average Bonchev–Trinajstić information content (AvgIpc) is 3.82. The Morgan fingerprint density at radius 2 is 0.949 bits per heavy atom. The van der Waals surface area contributed by atoms with E-state index in [-0.39, 0.29) is 24.9 Å². The Labute approximate surface area is 351 Å². The number of ether oxygens (including phenoxy) is 3. The monoisotopic (exact) mass is 830 g/mol. The largest absolute Gasteiger partial charge is 0.476 e. The van der Waals surface area contributed by atoms with Crippen molar-refractivity contribution in [1.82, 2.24) is 20.6 Å². The van der Waals surface area contributed by atoms with Crippen LogP contribution in [0.25, 0.3) is 21.1 Å². The molecule has 2 amide bonds. The second-order valence-corrected chi connectivity index (χ2v) is 16.8. The minimum atomic E-state index is -1.52. The van der Waals surface area contributed by atoms with Gasteiger partial charge in [0.05, 0.1) is 11.4 Å². The van der Waals surface area contributed by atoms with Crippen molar-refractivity contribution >= 4 is 46.4 Å². The SMILES string of the molecule is CCc1ccc(-c2nc(C)c(C(=O)NCc3ccc(OC(C)(C)C(=O)OC(=O)C(C)(C)Oc4ccc(CNC(=O)c5sc(-c6ccccc6)nc5C)cc4)cc3)s2)cc1. The van der Waals surface area contributed by atoms with E-state index in [1.54, 1.807) is 48.5 Å². The van der Waals surface area contributed by atoms with Gasteiger partial charge in [-0.15, -0.1) is 22.7 Å². The topological polar surface area (TPSA) is 146 Å². The van der Waals surface area contributed by atoms with Gasteiger partial charge in [-0.3, -0.25) is 9.59 Å². The molecule has 2 N–H and O–H groups in total. The van der Waals surface area contributed by atoms with Gasteiger partial charge in [0.2, 0.25) is 11.2 Å². The van der Waals surface area contributed by atoms with E-state index in [1.165, 1.54) is 55.9 Å². The summed E-state index contributed by atoms with van der Waals surface area (Å²) in [6, 6.07) is 31.7. The number of aryl methyl sites for hydroxylation is 3. The molecule has 4 aromatic carbocycles. The molecule has 13 heteroatoms. The maximum Gasteiger partial charge on any atom is 0.357 e. The van der Waals surface area contributed by atoms with Gasteiger partial charge in [0.15, 0.2) is 0 Å². The first-order valence-electron chi connectivity index (χ1n) is 19.1. The minimum absolute atomic E-state index is 0.212. The van der Waals surface area contributed by atoms with Gasteiger partial charge in [-0.25, -0.2) is 19.6 Å². The molecule has 2 heterocycles. The van der Waals surface area contributed by atoms with Crippen LogP contribution in [-0.4, -0.2) is 44.9 Å². The summed E-state index contributed by atoms with van der Waals surface area (Å²) < 4.78 is 17.1. The highest BCUT2D eigenvalue weighted by molar-refractivity contribution is 7.17. The molecule has 6 aromatic rings. The van der Waals surface area contributed by atoms with Crippen LogP contribution in [0.4, 0.5) is 0 Å². The molecular formula is C46H46N4O7S2. The standard InChI is InChI=1S/C46H46N4O7S2/c1-8-30-14-20-34(21-15-30)42-50-29(3)38(59-42)40(52)48-27-32-18-24-36(25-19-32)57-46(6,7)44(54)55-43(53)45(4,5)56-35-22-16-31(17-23-35)26-47-39(51)37-28(2)49-41(58-37)33-12-10-9-11-13-33/h9-25H,8,26-27H2,1-7H3,(H,47,51)(H,48,52). The lowest BCUT2D eigenvalue weighted by Gasteiger charge is -2.27. The van der Waals surface area contributed by atoms with Gasteiger partial charge in [-0.1, -0.05) is 85.8 Å². The summed E-state index contributed by atoms with van der Waals surface area (Å²) in [4.78, 5) is 62.6. The Kier molecular flexibility index (Phi) is 13.1. The first kappa shape index (κ1) is 42.4. The molecule has 0 radical (unpaired) electrons. The molecule has 304 valence electrons. The van der Waals surface area contributed by atoms with Crippen LogP contribution in [0.5, 0.6) is 11.5 Å². The number of carbonyl (C=O) groups is 4. The number of hydrogen-bond donors (Lipinski definition) is 2. The van der Waals surface area contributed by atoms with Crippen LogP contribution in [0.15, 0.2) is 103 Å². The fraction of sp³-hybridized carbons (Fsp3) is 0.261. The summed E-state index contributed by atoms with van der Waals surface area (Å²) in [6.45, 7) is 12.3. The predicted molar refractivity (Wildman–Crippen MR) is 230 cm³/mol. The lowest BCUT2D eigenvalue weighted by Crippen LogP contribution is -2.46. The number of esters is 2. The quantitative estimate of drug-likeness (QED) is 0.0765. The molecule has 0 unspecified atom stereocenters. The van der Waals surface area contributed by atoms with Crippen LogP contribution in [0.3, 0.4) is 0 Å². The highest BCUT2D eigenvalue weighted by atomic mass is 32.1. The fourth-order valence-corrected chi connectivity index (χ4v) is 7.78. The number of hydrogen-bond acceptors (Lipinski definition) is 11. The molecule has 0 saturated carbocycles. The van der Waals surface area contributed by atoms with E-state index >= 15 is 0 Å². The maximum absolute atomic E-state index is 13.2. The minimum Gasteiger partial charge on any atom is -0.476 e. The van der Waals surface area contributed by atoms with Crippen LogP contribution in [0, 0.1) is 13.8 Å². The Morgan fingerprint density at radius 3 is 1.36 bits per heavy atom. The second kappa shape index (κ2) is 18.2. The number of rotatable bonds is 15. The molecular weight excluding hydrogens is 785 g/mol. The van der Waals surface area contributed by atoms with Crippen molar-refractivity contribution in [2.75, 3.05) is 0 Å². The number of aromatic nitrogens is 2. The molecule has 0 aliphatic rings. The lowest BCUT2D eigenvalue weighted by molar-refractivity contribution is -0.178. The van der Waals surface area contributed by atoms with E-state index in [9.17, 15) is 19.2 Å². The Morgan fingerprint density at radius 1 is 0.559 bits per heavy atom. The molecule has 59 heavy (non-hydrogen) atoms. The summed E-state index contributed by atoms with van der Waals surface area (Å²) in [5, 5.41) is 7.47. The van der Waals surface area contributed by atoms with E-state index in [2.05, 4.69) is 39.7 Å². The predicted octanol–water partition coefficient (Wildman–Crippen LogP) is 9.06. The van der Waals surface area contributed by atoms with Crippen molar-refractivity contribution in [3.8, 4) is 32.6 Å². The molecule has 0 saturated heterocycles. The molecule has 0 fully saturated rings. The van der Waals surface area contributed by atoms with Crippen LogP contribution >= 0.6 is 22.7 Å². The Hall–Kier alpha value is -6.18. The van der Waals surface area contributed by atoms with Crippen LogP contribution in [0.2, 0.25) is 0 Å². The Balaban J connectivity index is 0.959. The fourth-order valence-electron chi connectivity index (χ4n) is 5.80. The number of benzene rings is 4. The van der Waals surface area contributed by atoms with E-state index in [0.29, 0.717) is 32.6 Å². The summed E-state index contributed by atoms with van der Waals surface area (Å²) >= 11 is 2.70. The molecule has 0 aliphatic heterocycles. The second-order valence-electron chi connectivity index (χ2n) is 14.8. The van der Waals surface area contributed by atoms with Crippen molar-refractivity contribution in [1.29, 1.82) is 0 Å². The van der Waals surface area contributed by atoms with Gasteiger partial charge in [0, 0.05) is 24.2 Å². The third-order valence-electron chi connectivity index (χ3n) is 9.30. The zero-order chi connectivity index (χ0) is 42.3. The third kappa shape index (κ3) is 10.7. The van der Waals surface area contributed by atoms with E-state index in [0.717, 1.165) is 38.7 Å². The third-order valence-corrected chi connectivity index (χ3v) is 11.7. The number of thiazole rings is 2. The highest BCUT2D eigenvalue weighted by Gasteiger charge is 2.40. The Bertz CT molecular complexity index is 2440. The van der Waals surface area contributed by atoms with Gasteiger partial charge in [-0.05, 0) is 88.9 Å². The van der Waals surface area contributed by atoms with Crippen molar-refractivity contribution in [2.24, 2.45) is 0 Å². The molecule has 0 bridgehead atoms. The van der Waals surface area contributed by atoms with Crippen LogP contribution in [-0.2, 0) is 33.8 Å². The molecule has 0 aliphatic carbocycles. The van der Waals surface area contributed by atoms with Gasteiger partial charge >= 0.3 is 11.9 Å². The van der Waals surface area contributed by atoms with Gasteiger partial charge in [-0.2, -0.15) is 0 Å². The number of nitrogens with one attached hydrogen (secondary N) is 2. The van der Waals surface area contributed by atoms with E-state index < -0.39 is 23.1 Å². The van der Waals surface area contributed by atoms with Gasteiger partial charge in [0.1, 0.15) is 31.3 Å². The van der Waals surface area contributed by atoms with Gasteiger partial charge < -0.3 is 24.8 Å². The first-order chi connectivity index (χ1) is 28.1. The summed E-state index contributed by atoms with van der Waals surface area (Å²) in [6.07, 6.45) is 0.953. The summed E-state index contributed by atoms with van der Waals surface area (Å²) in [5.41, 5.74) is 3.10. The number of carbonyl (C=O) groups excluding carboxylic acids is 4. The summed E-state index contributed by atoms with van der Waals surface area (Å²) in [7, 11) is 0. The molecule has 0 atom stereocenters. The van der Waals surface area contributed by atoms with E-state index in [4.69, 9.17) is 14.2 Å². The van der Waals surface area contributed by atoms with E-state index in [1.807, 2.05) is 56.3 Å². The van der Waals surface area contributed by atoms with Crippen molar-refractivity contribution in [2.45, 2.75) is 79.2 Å². The van der Waals surface area contributed by atoms with Crippen LogP contribution < -0.4 is 20.1 Å². The highest BCUT2D eigenvalue weighted by Crippen LogP contribution is 2.30. The molecule has 2 aromatic heterocycles. The van der Waals surface area contributed by atoms with Crippen molar-refractivity contribution < 1.29 is 33.4 Å². The average molecular weight is 831 g/mol. The number of nitrogens with zero attached hydrogens (tertiary/aromatic N) is 2. The van der Waals surface area contributed by atoms with Crippen molar-refractivity contribution in [3.05, 3.63) is 141 Å². The van der Waals surface area contributed by atoms with Crippen molar-refractivity contribution in [3.63, 3.8) is 0 Å². The molecule has 6 rings (SSSR count). The zero-order valence-corrected chi connectivity index (χ0v) is 35.6. The van der Waals surface area contributed by atoms with Gasteiger partial charge in [0.25, 0.3) is 11.8 Å². The zero-order valence-electron chi connectivity index (χ0n) is 34.0. The lowest BCUT2D eigenvalue weighted by atomic mass is 10.1. The van der Waals surface area contributed by atoms with Crippen LogP contribution in [0.1, 0.15) is 82.0 Å². The maximum atomic E-state index is 13.2. The molecule has 11 nitrogen and oxygen atoms in total.